The molecule has 0 atom stereocenters. The maximum absolute atomic E-state index is 11.7. The number of benzene rings is 2. The molecule has 0 aromatic heterocycles. The summed E-state index contributed by atoms with van der Waals surface area (Å²) in [5, 5.41) is 5.31. The highest BCUT2D eigenvalue weighted by atomic mass is 79.9. The number of ether oxygens (including phenoxy) is 1. The SMILES string of the molecule is O=C(CCCOc1ccccc1Br)NCC(=O)Nc1ccccc1. The van der Waals surface area contributed by atoms with Crippen LogP contribution in [0.4, 0.5) is 5.69 Å². The van der Waals surface area contributed by atoms with Gasteiger partial charge in [-0.05, 0) is 46.6 Å². The minimum absolute atomic E-state index is 0.0428. The van der Waals surface area contributed by atoms with E-state index in [-0.39, 0.29) is 18.4 Å². The fourth-order valence-corrected chi connectivity index (χ4v) is 2.37. The zero-order valence-corrected chi connectivity index (χ0v) is 14.7. The number of para-hydroxylation sites is 2. The molecule has 2 N–H and O–H groups in total. The molecule has 0 spiro atoms. The molecule has 0 saturated carbocycles. The first kappa shape index (κ1) is 18.0. The van der Waals surface area contributed by atoms with Gasteiger partial charge < -0.3 is 15.4 Å². The van der Waals surface area contributed by atoms with Gasteiger partial charge in [0, 0.05) is 12.1 Å². The van der Waals surface area contributed by atoms with Crippen LogP contribution < -0.4 is 15.4 Å². The van der Waals surface area contributed by atoms with Crippen LogP contribution >= 0.6 is 15.9 Å². The fourth-order valence-electron chi connectivity index (χ4n) is 1.97. The molecule has 0 radical (unpaired) electrons. The Morgan fingerprint density at radius 2 is 1.67 bits per heavy atom. The van der Waals surface area contributed by atoms with E-state index in [0.29, 0.717) is 25.1 Å². The van der Waals surface area contributed by atoms with Gasteiger partial charge in [0.25, 0.3) is 0 Å². The van der Waals surface area contributed by atoms with Crippen molar-refractivity contribution in [2.24, 2.45) is 0 Å². The Bertz CT molecular complexity index is 677. The highest BCUT2D eigenvalue weighted by molar-refractivity contribution is 9.10. The fraction of sp³-hybridized carbons (Fsp3) is 0.222. The number of carbonyl (C=O) groups is 2. The summed E-state index contributed by atoms with van der Waals surface area (Å²) in [7, 11) is 0. The lowest BCUT2D eigenvalue weighted by Crippen LogP contribution is -2.32. The molecular weight excluding hydrogens is 372 g/mol. The molecule has 2 rings (SSSR count). The van der Waals surface area contributed by atoms with Gasteiger partial charge >= 0.3 is 0 Å². The molecule has 126 valence electrons. The third kappa shape index (κ3) is 6.42. The van der Waals surface area contributed by atoms with Crippen molar-refractivity contribution in [1.82, 2.24) is 5.32 Å². The van der Waals surface area contributed by atoms with Gasteiger partial charge in [-0.15, -0.1) is 0 Å². The summed E-state index contributed by atoms with van der Waals surface area (Å²) in [4.78, 5) is 23.4. The second-order valence-corrected chi connectivity index (χ2v) is 5.93. The average Bonchev–Trinajstić information content (AvgIpc) is 2.59. The first-order valence-corrected chi connectivity index (χ1v) is 8.43. The molecule has 0 fully saturated rings. The Labute approximate surface area is 149 Å². The van der Waals surface area contributed by atoms with E-state index in [1.54, 1.807) is 12.1 Å². The number of carbonyl (C=O) groups excluding carboxylic acids is 2. The van der Waals surface area contributed by atoms with Gasteiger partial charge in [0.15, 0.2) is 0 Å². The van der Waals surface area contributed by atoms with Crippen molar-refractivity contribution in [3.63, 3.8) is 0 Å². The quantitative estimate of drug-likeness (QED) is 0.679. The van der Waals surface area contributed by atoms with E-state index < -0.39 is 0 Å². The lowest BCUT2D eigenvalue weighted by molar-refractivity contribution is -0.124. The first-order chi connectivity index (χ1) is 11.6. The molecule has 0 saturated heterocycles. The molecule has 2 amide bonds. The highest BCUT2D eigenvalue weighted by Gasteiger charge is 2.06. The van der Waals surface area contributed by atoms with Crippen LogP contribution in [0, 0.1) is 0 Å². The Morgan fingerprint density at radius 3 is 2.42 bits per heavy atom. The van der Waals surface area contributed by atoms with E-state index in [9.17, 15) is 9.59 Å². The van der Waals surface area contributed by atoms with E-state index >= 15 is 0 Å². The summed E-state index contributed by atoms with van der Waals surface area (Å²) in [5.74, 6) is 0.327. The van der Waals surface area contributed by atoms with Crippen LogP contribution in [-0.4, -0.2) is 25.0 Å². The van der Waals surface area contributed by atoms with E-state index in [0.717, 1.165) is 10.2 Å². The summed E-state index contributed by atoms with van der Waals surface area (Å²) < 4.78 is 6.47. The third-order valence-electron chi connectivity index (χ3n) is 3.15. The summed E-state index contributed by atoms with van der Waals surface area (Å²) in [6.45, 7) is 0.394. The van der Waals surface area contributed by atoms with Crippen molar-refractivity contribution in [3.05, 3.63) is 59.1 Å². The molecule has 6 heteroatoms. The Morgan fingerprint density at radius 1 is 0.958 bits per heavy atom. The monoisotopic (exact) mass is 390 g/mol. The molecule has 2 aromatic rings. The second-order valence-electron chi connectivity index (χ2n) is 5.07. The summed E-state index contributed by atoms with van der Waals surface area (Å²) >= 11 is 3.40. The number of hydrogen-bond donors (Lipinski definition) is 2. The predicted octanol–water partition coefficient (Wildman–Crippen LogP) is 3.36. The zero-order chi connectivity index (χ0) is 17.2. The minimum atomic E-state index is -0.251. The third-order valence-corrected chi connectivity index (χ3v) is 3.80. The lowest BCUT2D eigenvalue weighted by Gasteiger charge is -2.08. The van der Waals surface area contributed by atoms with Crippen LogP contribution in [0.25, 0.3) is 0 Å². The van der Waals surface area contributed by atoms with Gasteiger partial charge in [0.2, 0.25) is 11.8 Å². The Balaban J connectivity index is 1.60. The smallest absolute Gasteiger partial charge is 0.243 e. The van der Waals surface area contributed by atoms with Gasteiger partial charge in [0.05, 0.1) is 17.6 Å². The van der Waals surface area contributed by atoms with E-state index in [1.807, 2.05) is 42.5 Å². The average molecular weight is 391 g/mol. The molecule has 0 bridgehead atoms. The first-order valence-electron chi connectivity index (χ1n) is 7.64. The largest absolute Gasteiger partial charge is 0.492 e. The number of amides is 2. The van der Waals surface area contributed by atoms with Crippen molar-refractivity contribution < 1.29 is 14.3 Å². The molecule has 0 aliphatic rings. The van der Waals surface area contributed by atoms with Crippen LogP contribution in [0.15, 0.2) is 59.1 Å². The summed E-state index contributed by atoms with van der Waals surface area (Å²) in [6, 6.07) is 16.7. The molecule has 24 heavy (non-hydrogen) atoms. The number of nitrogens with one attached hydrogen (secondary N) is 2. The Kier molecular flexibility index (Phi) is 7.29. The molecule has 0 unspecified atom stereocenters. The zero-order valence-electron chi connectivity index (χ0n) is 13.1. The van der Waals surface area contributed by atoms with Crippen LogP contribution in [0.5, 0.6) is 5.75 Å². The van der Waals surface area contributed by atoms with Gasteiger partial charge in [-0.1, -0.05) is 30.3 Å². The van der Waals surface area contributed by atoms with Crippen LogP contribution in [-0.2, 0) is 9.59 Å². The number of hydrogen-bond acceptors (Lipinski definition) is 3. The topological polar surface area (TPSA) is 67.4 Å². The second kappa shape index (κ2) is 9.72. The van der Waals surface area contributed by atoms with Crippen molar-refractivity contribution >= 4 is 33.4 Å². The minimum Gasteiger partial charge on any atom is -0.492 e. The number of anilines is 1. The Hall–Kier alpha value is -2.34. The number of rotatable bonds is 8. The molecule has 0 heterocycles. The predicted molar refractivity (Wildman–Crippen MR) is 97.0 cm³/mol. The molecule has 2 aromatic carbocycles. The van der Waals surface area contributed by atoms with Crippen LogP contribution in [0.1, 0.15) is 12.8 Å². The van der Waals surface area contributed by atoms with Crippen molar-refractivity contribution in [2.75, 3.05) is 18.5 Å². The molecule has 5 nitrogen and oxygen atoms in total. The maximum atomic E-state index is 11.7. The van der Waals surface area contributed by atoms with Crippen LogP contribution in [0.3, 0.4) is 0 Å². The standard InChI is InChI=1S/C18H19BrN2O3/c19-15-9-4-5-10-16(15)24-12-6-11-17(22)20-13-18(23)21-14-7-2-1-3-8-14/h1-5,7-10H,6,11-13H2,(H,20,22)(H,21,23). The molecular formula is C18H19BrN2O3. The normalized spacial score (nSPS) is 10.0. The van der Waals surface area contributed by atoms with Crippen molar-refractivity contribution in [3.8, 4) is 5.75 Å². The lowest BCUT2D eigenvalue weighted by atomic mass is 10.3. The van der Waals surface area contributed by atoms with Gasteiger partial charge in [0.1, 0.15) is 5.75 Å². The van der Waals surface area contributed by atoms with E-state index in [2.05, 4.69) is 26.6 Å². The molecule has 0 aliphatic carbocycles. The number of halogens is 1. The van der Waals surface area contributed by atoms with Gasteiger partial charge in [-0.25, -0.2) is 0 Å². The van der Waals surface area contributed by atoms with Crippen molar-refractivity contribution in [1.29, 1.82) is 0 Å². The van der Waals surface area contributed by atoms with Crippen LogP contribution in [0.2, 0.25) is 0 Å². The maximum Gasteiger partial charge on any atom is 0.243 e. The van der Waals surface area contributed by atoms with E-state index in [1.165, 1.54) is 0 Å². The van der Waals surface area contributed by atoms with Gasteiger partial charge in [-0.2, -0.15) is 0 Å². The highest BCUT2D eigenvalue weighted by Crippen LogP contribution is 2.23. The van der Waals surface area contributed by atoms with Gasteiger partial charge in [-0.3, -0.25) is 9.59 Å². The molecule has 0 aliphatic heterocycles. The summed E-state index contributed by atoms with van der Waals surface area (Å²) in [6.07, 6.45) is 0.885. The van der Waals surface area contributed by atoms with E-state index in [4.69, 9.17) is 4.74 Å². The van der Waals surface area contributed by atoms with Crippen molar-refractivity contribution in [2.45, 2.75) is 12.8 Å². The summed E-state index contributed by atoms with van der Waals surface area (Å²) in [5.41, 5.74) is 0.707.